The largest absolute Gasteiger partial charge is 0.482 e. The number of benzene rings is 2. The molecular weight excluding hydrogens is 370 g/mol. The molecule has 3 aromatic rings. The van der Waals surface area contributed by atoms with Crippen molar-refractivity contribution in [3.05, 3.63) is 81.1 Å². The summed E-state index contributed by atoms with van der Waals surface area (Å²) < 4.78 is 7.28. The summed E-state index contributed by atoms with van der Waals surface area (Å²) in [6, 6.07) is 16.3. The van der Waals surface area contributed by atoms with Crippen LogP contribution < -0.4 is 9.54 Å². The molecule has 7 heteroatoms. The third-order valence-corrected chi connectivity index (χ3v) is 4.70. The molecule has 0 bridgehead atoms. The van der Waals surface area contributed by atoms with Crippen molar-refractivity contribution in [1.82, 2.24) is 4.57 Å². The lowest BCUT2D eigenvalue weighted by molar-refractivity contribution is -0.120. The summed E-state index contributed by atoms with van der Waals surface area (Å²) in [4.78, 5) is 16.8. The van der Waals surface area contributed by atoms with Gasteiger partial charge in [-0.15, -0.1) is 11.3 Å². The van der Waals surface area contributed by atoms with Gasteiger partial charge in [-0.05, 0) is 23.8 Å². The molecule has 0 spiro atoms. The fraction of sp³-hybridized carbons (Fsp3) is 0.105. The Balaban J connectivity index is 1.73. The van der Waals surface area contributed by atoms with Crippen LogP contribution in [0.3, 0.4) is 0 Å². The van der Waals surface area contributed by atoms with Crippen LogP contribution in [0.25, 0.3) is 0 Å². The maximum atomic E-state index is 12.1. The van der Waals surface area contributed by atoms with Gasteiger partial charge in [0.25, 0.3) is 5.91 Å². The molecule has 1 heterocycles. The van der Waals surface area contributed by atoms with Gasteiger partial charge in [-0.3, -0.25) is 4.79 Å². The van der Waals surface area contributed by atoms with Gasteiger partial charge in [0.2, 0.25) is 0 Å². The number of hydrogen-bond acceptors (Lipinski definition) is 4. The fourth-order valence-electron chi connectivity index (χ4n) is 2.28. The van der Waals surface area contributed by atoms with Crippen molar-refractivity contribution >= 4 is 28.8 Å². The summed E-state index contributed by atoms with van der Waals surface area (Å²) in [5.74, 6) is -0.0539. The van der Waals surface area contributed by atoms with Gasteiger partial charge in [0, 0.05) is 16.6 Å². The van der Waals surface area contributed by atoms with Crippen LogP contribution in [-0.4, -0.2) is 17.1 Å². The maximum Gasteiger partial charge on any atom is 0.286 e. The van der Waals surface area contributed by atoms with E-state index in [-0.39, 0.29) is 6.61 Å². The SMILES string of the molecule is N#Cc1ccccc1OCC(=O)N=c1sccn1Cc1ccccc1Cl. The second-order valence-corrected chi connectivity index (χ2v) is 6.59. The van der Waals surface area contributed by atoms with E-state index >= 15 is 0 Å². The number of nitriles is 1. The van der Waals surface area contributed by atoms with E-state index in [1.165, 1.54) is 11.3 Å². The quantitative estimate of drug-likeness (QED) is 0.675. The van der Waals surface area contributed by atoms with E-state index in [1.807, 2.05) is 46.5 Å². The molecule has 0 fully saturated rings. The molecule has 0 saturated heterocycles. The van der Waals surface area contributed by atoms with E-state index in [9.17, 15) is 4.79 Å². The highest BCUT2D eigenvalue weighted by Crippen LogP contribution is 2.17. The summed E-state index contributed by atoms with van der Waals surface area (Å²) in [7, 11) is 0. The number of amides is 1. The van der Waals surface area contributed by atoms with E-state index in [2.05, 4.69) is 4.99 Å². The van der Waals surface area contributed by atoms with Gasteiger partial charge in [-0.25, -0.2) is 0 Å². The van der Waals surface area contributed by atoms with Crippen LogP contribution in [0.4, 0.5) is 0 Å². The Bertz CT molecular complexity index is 1030. The molecule has 1 amide bonds. The molecular formula is C19H14ClN3O2S. The molecule has 0 unspecified atom stereocenters. The molecule has 130 valence electrons. The number of para-hydroxylation sites is 1. The zero-order chi connectivity index (χ0) is 18.4. The molecule has 0 N–H and O–H groups in total. The van der Waals surface area contributed by atoms with Crippen molar-refractivity contribution in [2.75, 3.05) is 6.61 Å². The lowest BCUT2D eigenvalue weighted by Crippen LogP contribution is -2.19. The normalized spacial score (nSPS) is 11.2. The van der Waals surface area contributed by atoms with E-state index in [1.54, 1.807) is 24.3 Å². The van der Waals surface area contributed by atoms with Crippen LogP contribution >= 0.6 is 22.9 Å². The first-order valence-electron chi connectivity index (χ1n) is 7.74. The predicted molar refractivity (Wildman–Crippen MR) is 100 cm³/mol. The number of rotatable bonds is 5. The number of ether oxygens (including phenoxy) is 1. The van der Waals surface area contributed by atoms with Crippen LogP contribution in [0, 0.1) is 11.3 Å². The summed E-state index contributed by atoms with van der Waals surface area (Å²) in [6.45, 7) is 0.288. The Morgan fingerprint density at radius 2 is 2.00 bits per heavy atom. The topological polar surface area (TPSA) is 67.4 Å². The molecule has 1 aromatic heterocycles. The molecule has 2 aromatic carbocycles. The zero-order valence-electron chi connectivity index (χ0n) is 13.6. The second-order valence-electron chi connectivity index (χ2n) is 5.31. The van der Waals surface area contributed by atoms with Crippen molar-refractivity contribution < 1.29 is 9.53 Å². The lowest BCUT2D eigenvalue weighted by atomic mass is 10.2. The molecule has 0 radical (unpaired) electrons. The van der Waals surface area contributed by atoms with E-state index in [0.717, 1.165) is 5.56 Å². The van der Waals surface area contributed by atoms with Crippen molar-refractivity contribution in [2.24, 2.45) is 4.99 Å². The standard InChI is InChI=1S/C19H14ClN3O2S/c20-16-7-3-1-6-15(16)12-23-9-10-26-19(23)22-18(24)13-25-17-8-4-2-5-14(17)11-21/h1-10H,12-13H2. The first kappa shape index (κ1) is 17.9. The number of aromatic nitrogens is 1. The second kappa shape index (κ2) is 8.48. The lowest BCUT2D eigenvalue weighted by Gasteiger charge is -2.06. The van der Waals surface area contributed by atoms with E-state index in [4.69, 9.17) is 21.6 Å². The smallest absolute Gasteiger partial charge is 0.286 e. The monoisotopic (exact) mass is 383 g/mol. The van der Waals surface area contributed by atoms with Crippen molar-refractivity contribution in [3.8, 4) is 11.8 Å². The fourth-order valence-corrected chi connectivity index (χ4v) is 3.22. The molecule has 5 nitrogen and oxygen atoms in total. The van der Waals surface area contributed by atoms with E-state index in [0.29, 0.717) is 27.7 Å². The summed E-state index contributed by atoms with van der Waals surface area (Å²) >= 11 is 7.55. The van der Waals surface area contributed by atoms with Crippen molar-refractivity contribution in [1.29, 1.82) is 5.26 Å². The van der Waals surface area contributed by atoms with Crippen LogP contribution in [0.2, 0.25) is 5.02 Å². The zero-order valence-corrected chi connectivity index (χ0v) is 15.2. The molecule has 0 aliphatic carbocycles. The Hall–Kier alpha value is -2.88. The van der Waals surface area contributed by atoms with Gasteiger partial charge < -0.3 is 9.30 Å². The van der Waals surface area contributed by atoms with Gasteiger partial charge in [0.1, 0.15) is 11.8 Å². The predicted octanol–water partition coefficient (Wildman–Crippen LogP) is 3.63. The average Bonchev–Trinajstić information content (AvgIpc) is 3.08. The van der Waals surface area contributed by atoms with Gasteiger partial charge in [0.15, 0.2) is 11.4 Å². The third kappa shape index (κ3) is 4.39. The number of hydrogen-bond donors (Lipinski definition) is 0. The average molecular weight is 384 g/mol. The molecule has 0 atom stereocenters. The number of nitrogens with zero attached hydrogens (tertiary/aromatic N) is 3. The number of thiazole rings is 1. The molecule has 0 aliphatic heterocycles. The minimum absolute atomic E-state index is 0.233. The van der Waals surface area contributed by atoms with Gasteiger partial charge in [-0.2, -0.15) is 10.3 Å². The highest BCUT2D eigenvalue weighted by molar-refractivity contribution is 7.07. The molecule has 26 heavy (non-hydrogen) atoms. The summed E-state index contributed by atoms with van der Waals surface area (Å²) in [5.41, 5.74) is 1.32. The minimum atomic E-state index is -0.423. The Morgan fingerprint density at radius 3 is 2.81 bits per heavy atom. The molecule has 3 rings (SSSR count). The number of carbonyl (C=O) groups is 1. The Morgan fingerprint density at radius 1 is 1.23 bits per heavy atom. The van der Waals surface area contributed by atoms with Gasteiger partial charge >= 0.3 is 0 Å². The third-order valence-electron chi connectivity index (χ3n) is 3.54. The summed E-state index contributed by atoms with van der Waals surface area (Å²) in [6.07, 6.45) is 1.85. The van der Waals surface area contributed by atoms with Gasteiger partial charge in [-0.1, -0.05) is 41.9 Å². The van der Waals surface area contributed by atoms with Crippen LogP contribution in [0.5, 0.6) is 5.75 Å². The van der Waals surface area contributed by atoms with Crippen molar-refractivity contribution in [2.45, 2.75) is 6.54 Å². The van der Waals surface area contributed by atoms with Crippen LogP contribution in [0.1, 0.15) is 11.1 Å². The number of carbonyl (C=O) groups excluding carboxylic acids is 1. The van der Waals surface area contributed by atoms with E-state index < -0.39 is 5.91 Å². The van der Waals surface area contributed by atoms with Crippen LogP contribution in [0.15, 0.2) is 65.1 Å². The minimum Gasteiger partial charge on any atom is -0.482 e. The Kier molecular flexibility index (Phi) is 5.84. The molecule has 0 saturated carbocycles. The van der Waals surface area contributed by atoms with Crippen LogP contribution in [-0.2, 0) is 11.3 Å². The van der Waals surface area contributed by atoms with Crippen molar-refractivity contribution in [3.63, 3.8) is 0 Å². The molecule has 0 aliphatic rings. The highest BCUT2D eigenvalue weighted by Gasteiger charge is 2.07. The highest BCUT2D eigenvalue weighted by atomic mass is 35.5. The summed E-state index contributed by atoms with van der Waals surface area (Å²) in [5, 5.41) is 11.6. The Labute approximate surface area is 159 Å². The number of halogens is 1. The maximum absolute atomic E-state index is 12.1. The van der Waals surface area contributed by atoms with Gasteiger partial charge in [0.05, 0.1) is 12.1 Å². The first-order chi connectivity index (χ1) is 12.7. The first-order valence-corrected chi connectivity index (χ1v) is 9.00.